The summed E-state index contributed by atoms with van der Waals surface area (Å²) in [4.78, 5) is 0. The van der Waals surface area contributed by atoms with E-state index in [1.165, 1.54) is 12.8 Å². The van der Waals surface area contributed by atoms with Gasteiger partial charge in [0.15, 0.2) is 5.82 Å². The van der Waals surface area contributed by atoms with Gasteiger partial charge >= 0.3 is 0 Å². The molecule has 3 rings (SSSR count). The monoisotopic (exact) mass is 315 g/mol. The summed E-state index contributed by atoms with van der Waals surface area (Å²) in [6.07, 6.45) is 4.63. The Morgan fingerprint density at radius 2 is 1.96 bits per heavy atom. The average molecular weight is 315 g/mol. The molecule has 1 aromatic carbocycles. The standard InChI is InChI=1S/C17H25N5O/c1-12-6-5-7-13(2)17(12)22-16(19-20-21-22)10-18-15-9-4-3-8-14(15)11-23/h5-7,14-15,18,23H,3-4,8-11H2,1-2H3/t14-,15-/m1/s1. The Bertz CT molecular complexity index is 634. The molecule has 1 heterocycles. The molecule has 2 N–H and O–H groups in total. The SMILES string of the molecule is Cc1cccc(C)c1-n1nnnc1CN[C@@H]1CCCC[C@@H]1CO. The normalized spacial score (nSPS) is 21.5. The second-order valence-electron chi connectivity index (χ2n) is 6.46. The highest BCUT2D eigenvalue weighted by atomic mass is 16.3. The summed E-state index contributed by atoms with van der Waals surface area (Å²) in [5.41, 5.74) is 3.37. The van der Waals surface area contributed by atoms with Crippen molar-refractivity contribution in [1.82, 2.24) is 25.5 Å². The van der Waals surface area contributed by atoms with Crippen LogP contribution in [0.5, 0.6) is 0 Å². The van der Waals surface area contributed by atoms with Gasteiger partial charge in [0.05, 0.1) is 12.2 Å². The first-order valence-corrected chi connectivity index (χ1v) is 8.38. The molecule has 0 amide bonds. The number of hydrogen-bond donors (Lipinski definition) is 2. The number of hydrogen-bond acceptors (Lipinski definition) is 5. The zero-order chi connectivity index (χ0) is 16.2. The van der Waals surface area contributed by atoms with Gasteiger partial charge in [-0.3, -0.25) is 0 Å². The van der Waals surface area contributed by atoms with Gasteiger partial charge in [-0.2, -0.15) is 4.68 Å². The first-order valence-electron chi connectivity index (χ1n) is 8.38. The van der Waals surface area contributed by atoms with Gasteiger partial charge in [-0.15, -0.1) is 5.10 Å². The van der Waals surface area contributed by atoms with Crippen molar-refractivity contribution in [3.63, 3.8) is 0 Å². The molecule has 23 heavy (non-hydrogen) atoms. The molecular formula is C17H25N5O. The van der Waals surface area contributed by atoms with Crippen molar-refractivity contribution in [3.05, 3.63) is 35.2 Å². The molecule has 0 unspecified atom stereocenters. The lowest BCUT2D eigenvalue weighted by Gasteiger charge is -2.30. The quantitative estimate of drug-likeness (QED) is 0.881. The largest absolute Gasteiger partial charge is 0.396 e. The minimum Gasteiger partial charge on any atom is -0.396 e. The maximum absolute atomic E-state index is 9.54. The molecule has 2 aromatic rings. The van der Waals surface area contributed by atoms with Crippen molar-refractivity contribution in [2.45, 2.75) is 52.1 Å². The van der Waals surface area contributed by atoms with Gasteiger partial charge in [-0.25, -0.2) is 0 Å². The number of rotatable bonds is 5. The number of benzene rings is 1. The van der Waals surface area contributed by atoms with Crippen molar-refractivity contribution in [2.75, 3.05) is 6.61 Å². The van der Waals surface area contributed by atoms with E-state index in [2.05, 4.69) is 46.8 Å². The van der Waals surface area contributed by atoms with Crippen LogP contribution in [0.25, 0.3) is 5.69 Å². The average Bonchev–Trinajstić information content (AvgIpc) is 3.01. The third-order valence-corrected chi connectivity index (χ3v) is 4.85. The minimum absolute atomic E-state index is 0.250. The predicted molar refractivity (Wildman–Crippen MR) is 88.3 cm³/mol. The van der Waals surface area contributed by atoms with Crippen molar-refractivity contribution < 1.29 is 5.11 Å². The number of aliphatic hydroxyl groups excluding tert-OH is 1. The van der Waals surface area contributed by atoms with Gasteiger partial charge < -0.3 is 10.4 Å². The van der Waals surface area contributed by atoms with Gasteiger partial charge in [0, 0.05) is 12.6 Å². The van der Waals surface area contributed by atoms with Crippen LogP contribution >= 0.6 is 0 Å². The fourth-order valence-electron chi connectivity index (χ4n) is 3.55. The minimum atomic E-state index is 0.250. The summed E-state index contributed by atoms with van der Waals surface area (Å²) in [6.45, 7) is 5.01. The van der Waals surface area contributed by atoms with Crippen molar-refractivity contribution in [1.29, 1.82) is 0 Å². The van der Waals surface area contributed by atoms with Crippen LogP contribution in [0.1, 0.15) is 42.6 Å². The van der Waals surface area contributed by atoms with E-state index in [9.17, 15) is 5.11 Å². The number of nitrogens with one attached hydrogen (secondary N) is 1. The second-order valence-corrected chi connectivity index (χ2v) is 6.46. The van der Waals surface area contributed by atoms with Gasteiger partial charge in [-0.05, 0) is 54.2 Å². The summed E-state index contributed by atoms with van der Waals surface area (Å²) >= 11 is 0. The molecule has 0 radical (unpaired) electrons. The first-order chi connectivity index (χ1) is 11.2. The van der Waals surface area contributed by atoms with Gasteiger partial charge in [0.2, 0.25) is 0 Å². The molecule has 124 valence electrons. The fourth-order valence-corrected chi connectivity index (χ4v) is 3.55. The summed E-state index contributed by atoms with van der Waals surface area (Å²) in [5.74, 6) is 1.15. The lowest BCUT2D eigenvalue weighted by atomic mass is 9.85. The molecule has 6 heteroatoms. The lowest BCUT2D eigenvalue weighted by molar-refractivity contribution is 0.152. The van der Waals surface area contributed by atoms with Crippen LogP contribution in [0.15, 0.2) is 18.2 Å². The molecule has 1 aliphatic rings. The van der Waals surface area contributed by atoms with E-state index >= 15 is 0 Å². The number of aryl methyl sites for hydroxylation is 2. The molecule has 1 fully saturated rings. The molecule has 0 spiro atoms. The van der Waals surface area contributed by atoms with Crippen LogP contribution in [-0.4, -0.2) is 38.0 Å². The maximum atomic E-state index is 9.54. The van der Waals surface area contributed by atoms with Crippen LogP contribution in [0.3, 0.4) is 0 Å². The van der Waals surface area contributed by atoms with Crippen molar-refractivity contribution >= 4 is 0 Å². The third kappa shape index (κ3) is 3.43. The van der Waals surface area contributed by atoms with Crippen LogP contribution < -0.4 is 5.32 Å². The lowest BCUT2D eigenvalue weighted by Crippen LogP contribution is -2.40. The van der Waals surface area contributed by atoms with Gasteiger partial charge in [0.1, 0.15) is 0 Å². The van der Waals surface area contributed by atoms with Crippen LogP contribution in [0, 0.1) is 19.8 Å². The summed E-state index contributed by atoms with van der Waals surface area (Å²) in [5, 5.41) is 25.3. The molecule has 2 atom stereocenters. The Hall–Kier alpha value is -1.79. The summed E-state index contributed by atoms with van der Waals surface area (Å²) in [6, 6.07) is 6.54. The third-order valence-electron chi connectivity index (χ3n) is 4.85. The molecule has 0 saturated heterocycles. The molecule has 0 aliphatic heterocycles. The van der Waals surface area contributed by atoms with E-state index in [1.54, 1.807) is 0 Å². The van der Waals surface area contributed by atoms with Crippen LogP contribution in [0.4, 0.5) is 0 Å². The first kappa shape index (κ1) is 16.1. The Balaban J connectivity index is 1.76. The molecule has 6 nitrogen and oxygen atoms in total. The second kappa shape index (κ2) is 7.19. The Kier molecular flexibility index (Phi) is 5.03. The smallest absolute Gasteiger partial charge is 0.170 e. The number of nitrogens with zero attached hydrogens (tertiary/aromatic N) is 4. The zero-order valence-corrected chi connectivity index (χ0v) is 13.9. The Labute approximate surface area is 136 Å². The Morgan fingerprint density at radius 3 is 2.70 bits per heavy atom. The molecule has 1 aromatic heterocycles. The molecule has 1 aliphatic carbocycles. The predicted octanol–water partition coefficient (Wildman–Crippen LogP) is 1.92. The molecular weight excluding hydrogens is 290 g/mol. The summed E-state index contributed by atoms with van der Waals surface area (Å²) in [7, 11) is 0. The topological polar surface area (TPSA) is 75.9 Å². The number of aromatic nitrogens is 4. The molecule has 0 bridgehead atoms. The fraction of sp³-hybridized carbons (Fsp3) is 0.588. The van der Waals surface area contributed by atoms with E-state index in [4.69, 9.17) is 0 Å². The van der Waals surface area contributed by atoms with E-state index < -0.39 is 0 Å². The highest BCUT2D eigenvalue weighted by molar-refractivity contribution is 5.46. The van der Waals surface area contributed by atoms with E-state index in [0.29, 0.717) is 18.5 Å². The van der Waals surface area contributed by atoms with Crippen LogP contribution in [-0.2, 0) is 6.54 Å². The van der Waals surface area contributed by atoms with E-state index in [0.717, 1.165) is 35.5 Å². The van der Waals surface area contributed by atoms with Gasteiger partial charge in [-0.1, -0.05) is 31.0 Å². The highest BCUT2D eigenvalue weighted by Crippen LogP contribution is 2.24. The van der Waals surface area contributed by atoms with Crippen molar-refractivity contribution in [3.8, 4) is 5.69 Å². The molecule has 1 saturated carbocycles. The number of para-hydroxylation sites is 1. The van der Waals surface area contributed by atoms with E-state index in [-0.39, 0.29) is 6.61 Å². The Morgan fingerprint density at radius 1 is 1.22 bits per heavy atom. The van der Waals surface area contributed by atoms with E-state index in [1.807, 2.05) is 10.7 Å². The number of aliphatic hydroxyl groups is 1. The zero-order valence-electron chi connectivity index (χ0n) is 13.9. The number of tetrazole rings is 1. The maximum Gasteiger partial charge on any atom is 0.170 e. The summed E-state index contributed by atoms with van der Waals surface area (Å²) < 4.78 is 1.83. The van der Waals surface area contributed by atoms with Crippen LogP contribution in [0.2, 0.25) is 0 Å². The van der Waals surface area contributed by atoms with Crippen molar-refractivity contribution in [2.24, 2.45) is 5.92 Å². The highest BCUT2D eigenvalue weighted by Gasteiger charge is 2.24. The van der Waals surface area contributed by atoms with Gasteiger partial charge in [0.25, 0.3) is 0 Å².